The highest BCUT2D eigenvalue weighted by Gasteiger charge is 2.38. The molecule has 98 valence electrons. The third-order valence-corrected chi connectivity index (χ3v) is 4.39. The average molecular weight is 257 g/mol. The van der Waals surface area contributed by atoms with Crippen molar-refractivity contribution in [1.29, 1.82) is 0 Å². The van der Waals surface area contributed by atoms with Crippen molar-refractivity contribution in [2.24, 2.45) is 0 Å². The van der Waals surface area contributed by atoms with Gasteiger partial charge in [-0.25, -0.2) is 0 Å². The largest absolute Gasteiger partial charge is 0.300 e. The number of non-ortho nitro benzene ring substituents is 1. The van der Waals surface area contributed by atoms with E-state index >= 15 is 0 Å². The molecule has 4 nitrogen and oxygen atoms in total. The first-order valence-corrected chi connectivity index (χ1v) is 6.58. The molecule has 0 amide bonds. The number of ketones is 1. The van der Waals surface area contributed by atoms with Crippen molar-refractivity contribution < 1.29 is 9.72 Å². The maximum Gasteiger partial charge on any atom is 0.270 e. The summed E-state index contributed by atoms with van der Waals surface area (Å²) < 4.78 is 0. The van der Waals surface area contributed by atoms with Crippen LogP contribution in [0.4, 0.5) is 5.69 Å². The lowest BCUT2D eigenvalue weighted by Crippen LogP contribution is -2.33. The standard InChI is InChI=1S/C15H15NO3/c17-13-5-8-15(9-6-13)7-1-2-11-10-12(16(18)19)3-4-14(11)15/h1-4,10H,5-9H2. The Morgan fingerprint density at radius 3 is 2.63 bits per heavy atom. The van der Waals surface area contributed by atoms with E-state index in [-0.39, 0.29) is 16.0 Å². The smallest absolute Gasteiger partial charge is 0.270 e. The van der Waals surface area contributed by atoms with Crippen LogP contribution in [0, 0.1) is 10.1 Å². The number of nitro groups is 1. The van der Waals surface area contributed by atoms with Gasteiger partial charge in [0.25, 0.3) is 5.69 Å². The third kappa shape index (κ3) is 1.97. The van der Waals surface area contributed by atoms with Crippen LogP contribution >= 0.6 is 0 Å². The predicted octanol–water partition coefficient (Wildman–Crippen LogP) is 3.39. The normalized spacial score (nSPS) is 20.3. The molecule has 1 aromatic carbocycles. The number of nitro benzene ring substituents is 1. The highest BCUT2D eigenvalue weighted by molar-refractivity contribution is 5.80. The third-order valence-electron chi connectivity index (χ3n) is 4.39. The van der Waals surface area contributed by atoms with Gasteiger partial charge in [0, 0.05) is 30.4 Å². The number of nitrogens with zero attached hydrogens (tertiary/aromatic N) is 1. The molecule has 3 rings (SSSR count). The summed E-state index contributed by atoms with van der Waals surface area (Å²) in [7, 11) is 0. The summed E-state index contributed by atoms with van der Waals surface area (Å²) in [6.45, 7) is 0. The molecule has 0 heterocycles. The van der Waals surface area contributed by atoms with E-state index in [1.165, 1.54) is 5.56 Å². The van der Waals surface area contributed by atoms with Crippen LogP contribution in [0.1, 0.15) is 43.2 Å². The van der Waals surface area contributed by atoms with E-state index in [0.717, 1.165) is 24.8 Å². The summed E-state index contributed by atoms with van der Waals surface area (Å²) in [5.41, 5.74) is 2.27. The SMILES string of the molecule is O=C1CCC2(CC=Cc3cc([N+](=O)[O-])ccc32)CC1. The number of rotatable bonds is 1. The molecular weight excluding hydrogens is 242 g/mol. The van der Waals surface area contributed by atoms with Gasteiger partial charge in [0.2, 0.25) is 0 Å². The number of hydrogen-bond acceptors (Lipinski definition) is 3. The second-order valence-corrected chi connectivity index (χ2v) is 5.45. The number of allylic oxidation sites excluding steroid dienone is 1. The number of carbonyl (C=O) groups is 1. The lowest BCUT2D eigenvalue weighted by Gasteiger charge is -2.39. The average Bonchev–Trinajstić information content (AvgIpc) is 2.42. The fraction of sp³-hybridized carbons (Fsp3) is 0.400. The Labute approximate surface area is 111 Å². The van der Waals surface area contributed by atoms with E-state index in [9.17, 15) is 14.9 Å². The van der Waals surface area contributed by atoms with E-state index in [4.69, 9.17) is 0 Å². The molecule has 1 spiro atoms. The Kier molecular flexibility index (Phi) is 2.73. The Balaban J connectivity index is 2.03. The highest BCUT2D eigenvalue weighted by atomic mass is 16.6. The fourth-order valence-electron chi connectivity index (χ4n) is 3.29. The zero-order valence-corrected chi connectivity index (χ0v) is 10.6. The van der Waals surface area contributed by atoms with Gasteiger partial charge < -0.3 is 0 Å². The Morgan fingerprint density at radius 1 is 1.21 bits per heavy atom. The van der Waals surface area contributed by atoms with Gasteiger partial charge >= 0.3 is 0 Å². The minimum Gasteiger partial charge on any atom is -0.300 e. The number of carbonyl (C=O) groups excluding carboxylic acids is 1. The van der Waals surface area contributed by atoms with Gasteiger partial charge in [-0.15, -0.1) is 0 Å². The molecule has 1 fully saturated rings. The molecule has 0 aromatic heterocycles. The molecule has 0 unspecified atom stereocenters. The van der Waals surface area contributed by atoms with E-state index in [1.807, 2.05) is 12.1 Å². The van der Waals surface area contributed by atoms with E-state index in [1.54, 1.807) is 12.1 Å². The molecule has 1 aromatic rings. The second-order valence-electron chi connectivity index (χ2n) is 5.45. The van der Waals surface area contributed by atoms with Crippen molar-refractivity contribution in [3.63, 3.8) is 0 Å². The molecule has 0 bridgehead atoms. The van der Waals surface area contributed by atoms with Crippen LogP contribution in [-0.2, 0) is 10.2 Å². The van der Waals surface area contributed by atoms with Crippen LogP contribution < -0.4 is 0 Å². The van der Waals surface area contributed by atoms with Crippen molar-refractivity contribution in [3.05, 3.63) is 45.5 Å². The Hall–Kier alpha value is -1.97. The van der Waals surface area contributed by atoms with Gasteiger partial charge in [-0.3, -0.25) is 14.9 Å². The zero-order valence-electron chi connectivity index (χ0n) is 10.6. The Bertz CT molecular complexity index is 579. The molecule has 0 aliphatic heterocycles. The maximum atomic E-state index is 11.4. The summed E-state index contributed by atoms with van der Waals surface area (Å²) in [4.78, 5) is 21.9. The first-order valence-electron chi connectivity index (χ1n) is 6.58. The van der Waals surface area contributed by atoms with Crippen molar-refractivity contribution in [2.45, 2.75) is 37.5 Å². The summed E-state index contributed by atoms with van der Waals surface area (Å²) in [5, 5.41) is 10.8. The van der Waals surface area contributed by atoms with Gasteiger partial charge in [-0.1, -0.05) is 18.2 Å². The van der Waals surface area contributed by atoms with Crippen molar-refractivity contribution in [1.82, 2.24) is 0 Å². The predicted molar refractivity (Wildman–Crippen MR) is 71.9 cm³/mol. The number of hydrogen-bond donors (Lipinski definition) is 0. The summed E-state index contributed by atoms with van der Waals surface area (Å²) in [6, 6.07) is 5.10. The quantitative estimate of drug-likeness (QED) is 0.572. The number of fused-ring (bicyclic) bond motifs is 2. The molecule has 0 atom stereocenters. The van der Waals surface area contributed by atoms with Gasteiger partial charge in [-0.05, 0) is 30.4 Å². The first kappa shape index (κ1) is 12.1. The highest BCUT2D eigenvalue weighted by Crippen LogP contribution is 2.46. The minimum absolute atomic E-state index is 0.0210. The first-order chi connectivity index (χ1) is 9.11. The van der Waals surface area contributed by atoms with Crippen molar-refractivity contribution in [3.8, 4) is 0 Å². The second kappa shape index (κ2) is 4.30. The molecule has 2 aliphatic rings. The lowest BCUT2D eigenvalue weighted by atomic mass is 9.64. The van der Waals surface area contributed by atoms with Gasteiger partial charge in [0.15, 0.2) is 0 Å². The van der Waals surface area contributed by atoms with Gasteiger partial charge in [0.05, 0.1) is 4.92 Å². The van der Waals surface area contributed by atoms with E-state index in [2.05, 4.69) is 6.08 Å². The fourth-order valence-corrected chi connectivity index (χ4v) is 3.29. The van der Waals surface area contributed by atoms with Gasteiger partial charge in [-0.2, -0.15) is 0 Å². The minimum atomic E-state index is -0.361. The molecule has 19 heavy (non-hydrogen) atoms. The molecular formula is C15H15NO3. The van der Waals surface area contributed by atoms with E-state index in [0.29, 0.717) is 18.6 Å². The maximum absolute atomic E-state index is 11.4. The lowest BCUT2D eigenvalue weighted by molar-refractivity contribution is -0.384. The summed E-state index contributed by atoms with van der Waals surface area (Å²) in [5.74, 6) is 0.337. The van der Waals surface area contributed by atoms with Crippen LogP contribution in [0.5, 0.6) is 0 Å². The topological polar surface area (TPSA) is 60.2 Å². The molecule has 0 saturated heterocycles. The number of Topliss-reactive ketones (excluding diaryl/α,β-unsaturated/α-hetero) is 1. The van der Waals surface area contributed by atoms with Crippen LogP contribution in [0.25, 0.3) is 6.08 Å². The zero-order chi connectivity index (χ0) is 13.5. The summed E-state index contributed by atoms with van der Waals surface area (Å²) in [6.07, 6.45) is 7.97. The van der Waals surface area contributed by atoms with Crippen LogP contribution in [0.3, 0.4) is 0 Å². The Morgan fingerprint density at radius 2 is 1.95 bits per heavy atom. The molecule has 4 heteroatoms. The molecule has 0 radical (unpaired) electrons. The van der Waals surface area contributed by atoms with Crippen molar-refractivity contribution in [2.75, 3.05) is 0 Å². The van der Waals surface area contributed by atoms with Crippen molar-refractivity contribution >= 4 is 17.5 Å². The summed E-state index contributed by atoms with van der Waals surface area (Å²) >= 11 is 0. The molecule has 0 N–H and O–H groups in total. The van der Waals surface area contributed by atoms with Crippen LogP contribution in [0.2, 0.25) is 0 Å². The van der Waals surface area contributed by atoms with Crippen LogP contribution in [0.15, 0.2) is 24.3 Å². The number of benzene rings is 1. The molecule has 2 aliphatic carbocycles. The van der Waals surface area contributed by atoms with E-state index < -0.39 is 0 Å². The molecule has 1 saturated carbocycles. The monoisotopic (exact) mass is 257 g/mol. The van der Waals surface area contributed by atoms with Gasteiger partial charge in [0.1, 0.15) is 5.78 Å². The van der Waals surface area contributed by atoms with Crippen LogP contribution in [-0.4, -0.2) is 10.7 Å².